The predicted octanol–water partition coefficient (Wildman–Crippen LogP) is 1.99. The third-order valence-electron chi connectivity index (χ3n) is 2.55. The van der Waals surface area contributed by atoms with Gasteiger partial charge in [0, 0.05) is 5.56 Å². The van der Waals surface area contributed by atoms with Gasteiger partial charge in [-0.2, -0.15) is 0 Å². The molecular formula is C13H17FO4. The van der Waals surface area contributed by atoms with Gasteiger partial charge < -0.3 is 14.6 Å². The average Bonchev–Trinajstić information content (AvgIpc) is 2.37. The molecule has 1 aromatic rings. The van der Waals surface area contributed by atoms with Crippen molar-refractivity contribution in [3.05, 3.63) is 29.1 Å². The van der Waals surface area contributed by atoms with Crippen molar-refractivity contribution in [1.29, 1.82) is 0 Å². The standard InChI is InChI=1S/C13H17FO4/c1-4-8-6-9(11(15)13(16)18-5-2)12(17-3)10(14)7-8/h6-7,11,15H,4-5H2,1-3H3. The molecule has 1 N–H and O–H groups in total. The Morgan fingerprint density at radius 1 is 1.44 bits per heavy atom. The van der Waals surface area contributed by atoms with Gasteiger partial charge in [0.1, 0.15) is 0 Å². The zero-order valence-electron chi connectivity index (χ0n) is 10.7. The summed E-state index contributed by atoms with van der Waals surface area (Å²) in [5.41, 5.74) is 0.763. The first-order chi connectivity index (χ1) is 8.54. The number of aryl methyl sites for hydroxylation is 1. The van der Waals surface area contributed by atoms with Crippen LogP contribution in [-0.2, 0) is 16.0 Å². The Morgan fingerprint density at radius 2 is 2.11 bits per heavy atom. The van der Waals surface area contributed by atoms with E-state index in [1.807, 2.05) is 6.92 Å². The van der Waals surface area contributed by atoms with Crippen molar-refractivity contribution in [3.8, 4) is 5.75 Å². The van der Waals surface area contributed by atoms with Gasteiger partial charge in [-0.1, -0.05) is 6.92 Å². The van der Waals surface area contributed by atoms with E-state index in [2.05, 4.69) is 0 Å². The summed E-state index contributed by atoms with van der Waals surface area (Å²) < 4.78 is 23.3. The Balaban J connectivity index is 3.19. The maximum absolute atomic E-state index is 13.7. The van der Waals surface area contributed by atoms with Crippen LogP contribution in [0.5, 0.6) is 5.75 Å². The minimum absolute atomic E-state index is 0.0906. The number of hydrogen-bond acceptors (Lipinski definition) is 4. The molecule has 0 spiro atoms. The third-order valence-corrected chi connectivity index (χ3v) is 2.55. The molecule has 1 atom stereocenters. The Morgan fingerprint density at radius 3 is 2.61 bits per heavy atom. The first-order valence-electron chi connectivity index (χ1n) is 5.76. The highest BCUT2D eigenvalue weighted by atomic mass is 19.1. The van der Waals surface area contributed by atoms with Gasteiger partial charge in [0.15, 0.2) is 17.7 Å². The fourth-order valence-electron chi connectivity index (χ4n) is 1.64. The molecule has 5 heteroatoms. The number of esters is 1. The normalized spacial score (nSPS) is 12.1. The maximum Gasteiger partial charge on any atom is 0.339 e. The first kappa shape index (κ1) is 14.4. The van der Waals surface area contributed by atoms with Crippen molar-refractivity contribution < 1.29 is 23.8 Å². The Kier molecular flexibility index (Phi) is 5.09. The molecule has 0 radical (unpaired) electrons. The molecule has 0 amide bonds. The quantitative estimate of drug-likeness (QED) is 0.819. The van der Waals surface area contributed by atoms with E-state index in [1.165, 1.54) is 13.2 Å². The molecule has 0 fully saturated rings. The van der Waals surface area contributed by atoms with Crippen molar-refractivity contribution in [2.45, 2.75) is 26.4 Å². The third kappa shape index (κ3) is 2.98. The molecule has 1 rings (SSSR count). The van der Waals surface area contributed by atoms with E-state index in [1.54, 1.807) is 13.0 Å². The number of hydrogen-bond donors (Lipinski definition) is 1. The molecule has 0 aliphatic carbocycles. The van der Waals surface area contributed by atoms with Crippen molar-refractivity contribution in [2.75, 3.05) is 13.7 Å². The molecule has 100 valence electrons. The highest BCUT2D eigenvalue weighted by molar-refractivity contribution is 5.77. The lowest BCUT2D eigenvalue weighted by Crippen LogP contribution is -2.17. The molecule has 0 saturated heterocycles. The zero-order chi connectivity index (χ0) is 13.7. The van der Waals surface area contributed by atoms with Crippen LogP contribution in [0.4, 0.5) is 4.39 Å². The van der Waals surface area contributed by atoms with Crippen molar-refractivity contribution >= 4 is 5.97 Å². The Labute approximate surface area is 105 Å². The molecule has 4 nitrogen and oxygen atoms in total. The number of aliphatic hydroxyl groups is 1. The minimum Gasteiger partial charge on any atom is -0.493 e. The zero-order valence-corrected chi connectivity index (χ0v) is 10.7. The second-order valence-corrected chi connectivity index (χ2v) is 3.71. The smallest absolute Gasteiger partial charge is 0.339 e. The van der Waals surface area contributed by atoms with Gasteiger partial charge in [0.05, 0.1) is 13.7 Å². The van der Waals surface area contributed by atoms with Crippen LogP contribution in [0.1, 0.15) is 31.1 Å². The van der Waals surface area contributed by atoms with Crippen LogP contribution in [0, 0.1) is 5.82 Å². The average molecular weight is 256 g/mol. The molecule has 0 aliphatic heterocycles. The second kappa shape index (κ2) is 6.35. The summed E-state index contributed by atoms with van der Waals surface area (Å²) in [7, 11) is 1.28. The van der Waals surface area contributed by atoms with Gasteiger partial charge in [0.2, 0.25) is 0 Å². The van der Waals surface area contributed by atoms with Gasteiger partial charge in [-0.3, -0.25) is 0 Å². The number of halogens is 1. The summed E-state index contributed by atoms with van der Waals surface area (Å²) in [6.07, 6.45) is -0.954. The SMILES string of the molecule is CCOC(=O)C(O)c1cc(CC)cc(F)c1OC. The van der Waals surface area contributed by atoms with Crippen LogP contribution in [0.2, 0.25) is 0 Å². The lowest BCUT2D eigenvalue weighted by Gasteiger charge is -2.15. The van der Waals surface area contributed by atoms with Crippen molar-refractivity contribution in [3.63, 3.8) is 0 Å². The van der Waals surface area contributed by atoms with E-state index >= 15 is 0 Å². The Hall–Kier alpha value is -1.62. The van der Waals surface area contributed by atoms with Crippen molar-refractivity contribution in [1.82, 2.24) is 0 Å². The van der Waals surface area contributed by atoms with E-state index in [-0.39, 0.29) is 17.9 Å². The van der Waals surface area contributed by atoms with Crippen LogP contribution in [0.25, 0.3) is 0 Å². The molecule has 0 aromatic heterocycles. The van der Waals surface area contributed by atoms with Gasteiger partial charge >= 0.3 is 5.97 Å². The van der Waals surface area contributed by atoms with Crippen LogP contribution >= 0.6 is 0 Å². The van der Waals surface area contributed by atoms with E-state index in [0.29, 0.717) is 12.0 Å². The van der Waals surface area contributed by atoms with Crippen molar-refractivity contribution in [2.24, 2.45) is 0 Å². The first-order valence-corrected chi connectivity index (χ1v) is 5.76. The largest absolute Gasteiger partial charge is 0.493 e. The lowest BCUT2D eigenvalue weighted by atomic mass is 10.0. The molecule has 0 heterocycles. The summed E-state index contributed by atoms with van der Waals surface area (Å²) >= 11 is 0. The molecule has 18 heavy (non-hydrogen) atoms. The lowest BCUT2D eigenvalue weighted by molar-refractivity contribution is -0.153. The number of carbonyl (C=O) groups excluding carboxylic acids is 1. The molecule has 1 unspecified atom stereocenters. The van der Waals surface area contributed by atoms with E-state index < -0.39 is 17.9 Å². The van der Waals surface area contributed by atoms with E-state index in [0.717, 1.165) is 0 Å². The number of carbonyl (C=O) groups is 1. The number of rotatable bonds is 5. The van der Waals surface area contributed by atoms with Gasteiger partial charge in [0.25, 0.3) is 0 Å². The minimum atomic E-state index is -1.54. The summed E-state index contributed by atoms with van der Waals surface area (Å²) in [5.74, 6) is -1.55. The van der Waals surface area contributed by atoms with Crippen LogP contribution < -0.4 is 4.74 Å². The van der Waals surface area contributed by atoms with Crippen LogP contribution in [-0.4, -0.2) is 24.8 Å². The summed E-state index contributed by atoms with van der Waals surface area (Å²) in [5, 5.41) is 9.86. The fourth-order valence-corrected chi connectivity index (χ4v) is 1.64. The Bertz CT molecular complexity index is 431. The van der Waals surface area contributed by atoms with Crippen LogP contribution in [0.15, 0.2) is 12.1 Å². The highest BCUT2D eigenvalue weighted by Gasteiger charge is 2.25. The number of methoxy groups -OCH3 is 1. The van der Waals surface area contributed by atoms with E-state index in [4.69, 9.17) is 9.47 Å². The molecule has 1 aromatic carbocycles. The topological polar surface area (TPSA) is 55.8 Å². The van der Waals surface area contributed by atoms with Gasteiger partial charge in [-0.25, -0.2) is 9.18 Å². The molecule has 0 bridgehead atoms. The predicted molar refractivity (Wildman–Crippen MR) is 63.9 cm³/mol. The summed E-state index contributed by atoms with van der Waals surface area (Å²) in [4.78, 5) is 11.5. The highest BCUT2D eigenvalue weighted by Crippen LogP contribution is 2.30. The monoisotopic (exact) mass is 256 g/mol. The summed E-state index contributed by atoms with van der Waals surface area (Å²) in [6, 6.07) is 2.86. The van der Waals surface area contributed by atoms with Gasteiger partial charge in [-0.05, 0) is 31.0 Å². The molecule has 0 aliphatic rings. The summed E-state index contributed by atoms with van der Waals surface area (Å²) in [6.45, 7) is 3.63. The molecule has 0 saturated carbocycles. The number of ether oxygens (including phenoxy) is 2. The van der Waals surface area contributed by atoms with Crippen LogP contribution in [0.3, 0.4) is 0 Å². The number of aliphatic hydroxyl groups excluding tert-OH is 1. The molecular weight excluding hydrogens is 239 g/mol. The maximum atomic E-state index is 13.7. The second-order valence-electron chi connectivity index (χ2n) is 3.71. The van der Waals surface area contributed by atoms with E-state index in [9.17, 15) is 14.3 Å². The number of benzene rings is 1. The fraction of sp³-hybridized carbons (Fsp3) is 0.462. The van der Waals surface area contributed by atoms with Gasteiger partial charge in [-0.15, -0.1) is 0 Å².